The molecule has 51 heavy (non-hydrogen) atoms. The molecule has 0 radical (unpaired) electrons. The highest BCUT2D eigenvalue weighted by atomic mass is 15.0. The maximum Gasteiger partial charge on any atom is 0.0626 e. The second-order valence-electron chi connectivity index (χ2n) is 14.0. The lowest BCUT2D eigenvalue weighted by Crippen LogP contribution is -2.26. The first-order valence-corrected chi connectivity index (χ1v) is 18.0. The number of aromatic nitrogens is 1. The Kier molecular flexibility index (Phi) is 6.15. The Morgan fingerprint density at radius 2 is 1.04 bits per heavy atom. The van der Waals surface area contributed by atoms with Crippen molar-refractivity contribution in [1.82, 2.24) is 4.57 Å². The van der Waals surface area contributed by atoms with Crippen molar-refractivity contribution in [3.05, 3.63) is 174 Å². The summed E-state index contributed by atoms with van der Waals surface area (Å²) in [5.41, 5.74) is 8.68. The van der Waals surface area contributed by atoms with Gasteiger partial charge in [0.05, 0.1) is 11.0 Å². The Morgan fingerprint density at radius 1 is 0.373 bits per heavy atom. The Labute approximate surface area is 295 Å². The van der Waals surface area contributed by atoms with Gasteiger partial charge in [0.2, 0.25) is 0 Å². The minimum atomic E-state index is 1.12. The van der Waals surface area contributed by atoms with E-state index in [1.807, 2.05) is 0 Å². The second kappa shape index (κ2) is 11.0. The van der Waals surface area contributed by atoms with Crippen LogP contribution in [0, 0.1) is 0 Å². The van der Waals surface area contributed by atoms with Gasteiger partial charge in [0.25, 0.3) is 0 Å². The van der Waals surface area contributed by atoms with E-state index in [-0.39, 0.29) is 0 Å². The molecular weight excluding hydrogens is 615 g/mol. The van der Waals surface area contributed by atoms with E-state index in [1.54, 1.807) is 0 Å². The van der Waals surface area contributed by atoms with Crippen molar-refractivity contribution < 1.29 is 0 Å². The first kappa shape index (κ1) is 28.4. The molecule has 0 saturated heterocycles. The predicted octanol–water partition coefficient (Wildman–Crippen LogP) is 12.1. The Morgan fingerprint density at radius 3 is 1.90 bits per heavy atom. The monoisotopic (exact) mass is 647 g/mol. The second-order valence-corrected chi connectivity index (χ2v) is 14.0. The fourth-order valence-corrected chi connectivity index (χ4v) is 8.80. The van der Waals surface area contributed by atoms with Crippen LogP contribution in [0.1, 0.15) is 12.8 Å². The normalized spacial score (nSPS) is 12.9. The van der Waals surface area contributed by atoms with Gasteiger partial charge >= 0.3 is 0 Å². The highest BCUT2D eigenvalue weighted by Gasteiger charge is 2.21. The average Bonchev–Trinajstić information content (AvgIpc) is 3.55. The first-order chi connectivity index (χ1) is 25.3. The van der Waals surface area contributed by atoms with Gasteiger partial charge in [0, 0.05) is 27.2 Å². The van der Waals surface area contributed by atoms with Crippen LogP contribution in [0.5, 0.6) is 0 Å². The van der Waals surface area contributed by atoms with Crippen LogP contribution in [0.15, 0.2) is 164 Å². The molecule has 1 aliphatic rings. The molecule has 238 valence electrons. The summed E-state index contributed by atoms with van der Waals surface area (Å²) in [7, 11) is 0. The van der Waals surface area contributed by atoms with Gasteiger partial charge in [-0.2, -0.15) is 0 Å². The number of nitrogens with zero attached hydrogens (tertiary/aromatic N) is 1. The van der Waals surface area contributed by atoms with Gasteiger partial charge in [0.15, 0.2) is 0 Å². The summed E-state index contributed by atoms with van der Waals surface area (Å²) in [6, 6.07) is 61.0. The molecule has 1 aromatic heterocycles. The highest BCUT2D eigenvalue weighted by molar-refractivity contribution is 6.38. The highest BCUT2D eigenvalue weighted by Crippen LogP contribution is 2.47. The summed E-state index contributed by atoms with van der Waals surface area (Å²) < 4.78 is 2.52. The summed E-state index contributed by atoms with van der Waals surface area (Å²) in [6.45, 7) is 0. The molecular formula is C50H33N. The van der Waals surface area contributed by atoms with Crippen molar-refractivity contribution >= 4 is 77.0 Å². The van der Waals surface area contributed by atoms with E-state index >= 15 is 0 Å². The van der Waals surface area contributed by atoms with E-state index in [2.05, 4.69) is 181 Å². The van der Waals surface area contributed by atoms with Crippen molar-refractivity contribution in [3.8, 4) is 27.9 Å². The van der Waals surface area contributed by atoms with E-state index in [1.165, 1.54) is 103 Å². The molecule has 0 bridgehead atoms. The maximum absolute atomic E-state index is 2.52. The minimum absolute atomic E-state index is 1.12. The third-order valence-electron chi connectivity index (χ3n) is 11.1. The van der Waals surface area contributed by atoms with Crippen LogP contribution >= 0.6 is 0 Å². The molecule has 0 atom stereocenters. The molecule has 11 rings (SSSR count). The number of hydrogen-bond acceptors (Lipinski definition) is 0. The Bertz CT molecular complexity index is 3180. The lowest BCUT2D eigenvalue weighted by Gasteiger charge is -2.16. The molecule has 0 aliphatic heterocycles. The van der Waals surface area contributed by atoms with E-state index in [9.17, 15) is 0 Å². The SMILES string of the molecule is C1=c2ccc(-c3ccc4ccc(-n5c6ccccc6c6c7c8ccccc8c(-c8ccccc8)cc7c7ccccc7c65)cc4c3)cc2=CCC1. The zero-order chi connectivity index (χ0) is 33.5. The maximum atomic E-state index is 2.52. The van der Waals surface area contributed by atoms with Crippen LogP contribution in [0.2, 0.25) is 0 Å². The van der Waals surface area contributed by atoms with Gasteiger partial charge < -0.3 is 4.57 Å². The number of fused-ring (bicyclic) bond motifs is 12. The molecule has 10 aromatic rings. The lowest BCUT2D eigenvalue weighted by atomic mass is 9.88. The molecule has 0 N–H and O–H groups in total. The van der Waals surface area contributed by atoms with E-state index < -0.39 is 0 Å². The number of benzene rings is 9. The Hall–Kier alpha value is -6.44. The van der Waals surface area contributed by atoms with Crippen molar-refractivity contribution in [3.63, 3.8) is 0 Å². The standard InChI is InChI=1S/C50H33N/c1-2-13-34(14-3-1)45-31-46-41-17-7-9-19-43(41)50-49(48(46)42-18-8-6-16-40(42)45)44-20-10-11-21-47(44)51(50)39-27-26-33-23-25-37(29-38(33)30-39)36-24-22-32-12-4-5-15-35(32)28-36/h1-3,6-31H,4-5H2. The van der Waals surface area contributed by atoms with Crippen LogP contribution in [-0.4, -0.2) is 4.57 Å². The van der Waals surface area contributed by atoms with E-state index in [4.69, 9.17) is 0 Å². The number of hydrogen-bond donors (Lipinski definition) is 0. The van der Waals surface area contributed by atoms with Crippen molar-refractivity contribution in [2.45, 2.75) is 12.8 Å². The Balaban J connectivity index is 1.24. The third kappa shape index (κ3) is 4.28. The molecule has 1 heteroatoms. The minimum Gasteiger partial charge on any atom is -0.309 e. The van der Waals surface area contributed by atoms with E-state index in [0.717, 1.165) is 12.8 Å². The average molecular weight is 648 g/mol. The van der Waals surface area contributed by atoms with Crippen LogP contribution < -0.4 is 10.4 Å². The van der Waals surface area contributed by atoms with Crippen molar-refractivity contribution in [2.75, 3.05) is 0 Å². The zero-order valence-corrected chi connectivity index (χ0v) is 28.1. The molecule has 1 heterocycles. The number of para-hydroxylation sites is 1. The summed E-state index contributed by atoms with van der Waals surface area (Å²) in [6.07, 6.45) is 6.98. The van der Waals surface area contributed by atoms with Crippen LogP contribution in [0.4, 0.5) is 0 Å². The summed E-state index contributed by atoms with van der Waals surface area (Å²) in [5.74, 6) is 0. The fraction of sp³-hybridized carbons (Fsp3) is 0.0400. The molecule has 0 saturated carbocycles. The van der Waals surface area contributed by atoms with Gasteiger partial charge in [-0.25, -0.2) is 0 Å². The van der Waals surface area contributed by atoms with Gasteiger partial charge in [-0.3, -0.25) is 0 Å². The van der Waals surface area contributed by atoms with Crippen molar-refractivity contribution in [1.29, 1.82) is 0 Å². The van der Waals surface area contributed by atoms with Crippen LogP contribution in [-0.2, 0) is 0 Å². The molecule has 0 unspecified atom stereocenters. The summed E-state index contributed by atoms with van der Waals surface area (Å²) in [4.78, 5) is 0. The largest absolute Gasteiger partial charge is 0.309 e. The zero-order valence-electron chi connectivity index (χ0n) is 28.1. The lowest BCUT2D eigenvalue weighted by molar-refractivity contribution is 1.12. The van der Waals surface area contributed by atoms with Gasteiger partial charge in [-0.15, -0.1) is 0 Å². The van der Waals surface area contributed by atoms with Crippen LogP contribution in [0.3, 0.4) is 0 Å². The molecule has 1 aliphatic carbocycles. The number of rotatable bonds is 3. The van der Waals surface area contributed by atoms with E-state index in [0.29, 0.717) is 0 Å². The molecule has 0 amide bonds. The molecule has 1 nitrogen and oxygen atoms in total. The van der Waals surface area contributed by atoms with Crippen LogP contribution in [0.25, 0.3) is 105 Å². The van der Waals surface area contributed by atoms with Crippen molar-refractivity contribution in [2.24, 2.45) is 0 Å². The van der Waals surface area contributed by atoms with Gasteiger partial charge in [-0.1, -0.05) is 140 Å². The third-order valence-corrected chi connectivity index (χ3v) is 11.1. The van der Waals surface area contributed by atoms with Gasteiger partial charge in [-0.05, 0) is 114 Å². The quantitative estimate of drug-likeness (QED) is 0.168. The molecule has 0 fully saturated rings. The topological polar surface area (TPSA) is 4.93 Å². The van der Waals surface area contributed by atoms with Gasteiger partial charge in [0.1, 0.15) is 0 Å². The first-order valence-electron chi connectivity index (χ1n) is 18.0. The molecule has 9 aromatic carbocycles. The predicted molar refractivity (Wildman–Crippen MR) is 219 cm³/mol. The summed E-state index contributed by atoms with van der Waals surface area (Å²) >= 11 is 0. The molecule has 0 spiro atoms. The summed E-state index contributed by atoms with van der Waals surface area (Å²) in [5, 5.41) is 15.5. The smallest absolute Gasteiger partial charge is 0.0626 e. The fourth-order valence-electron chi connectivity index (χ4n) is 8.80.